The molecule has 0 spiro atoms. The lowest BCUT2D eigenvalue weighted by atomic mass is 10.1. The van der Waals surface area contributed by atoms with Crippen molar-refractivity contribution >= 4 is 5.69 Å². The van der Waals surface area contributed by atoms with Gasteiger partial charge in [0, 0.05) is 18.2 Å². The second kappa shape index (κ2) is 4.35. The first kappa shape index (κ1) is 10.7. The molecule has 0 amide bonds. The third kappa shape index (κ3) is 2.21. The van der Waals surface area contributed by atoms with E-state index >= 15 is 0 Å². The molecule has 0 saturated heterocycles. The van der Waals surface area contributed by atoms with E-state index in [-0.39, 0.29) is 0 Å². The SMILES string of the molecule is CC(C)n1cnnc1Cc1ccc(N)cc1. The highest BCUT2D eigenvalue weighted by molar-refractivity contribution is 5.39. The summed E-state index contributed by atoms with van der Waals surface area (Å²) in [6.07, 6.45) is 2.57. The molecular formula is C12H16N4. The highest BCUT2D eigenvalue weighted by atomic mass is 15.3. The number of hydrogen-bond donors (Lipinski definition) is 1. The molecule has 1 aromatic carbocycles. The zero-order valence-corrected chi connectivity index (χ0v) is 9.59. The number of anilines is 1. The zero-order valence-electron chi connectivity index (χ0n) is 9.59. The van der Waals surface area contributed by atoms with E-state index in [9.17, 15) is 0 Å². The van der Waals surface area contributed by atoms with Gasteiger partial charge in [-0.15, -0.1) is 10.2 Å². The third-order valence-corrected chi connectivity index (χ3v) is 2.55. The molecule has 1 aromatic heterocycles. The predicted molar refractivity (Wildman–Crippen MR) is 64.1 cm³/mol. The van der Waals surface area contributed by atoms with Crippen molar-refractivity contribution < 1.29 is 0 Å². The summed E-state index contributed by atoms with van der Waals surface area (Å²) in [6, 6.07) is 8.25. The van der Waals surface area contributed by atoms with Crippen LogP contribution in [-0.2, 0) is 6.42 Å². The van der Waals surface area contributed by atoms with E-state index in [0.29, 0.717) is 6.04 Å². The summed E-state index contributed by atoms with van der Waals surface area (Å²) in [7, 11) is 0. The van der Waals surface area contributed by atoms with Crippen molar-refractivity contribution in [3.63, 3.8) is 0 Å². The molecule has 0 unspecified atom stereocenters. The number of nitrogens with zero attached hydrogens (tertiary/aromatic N) is 3. The monoisotopic (exact) mass is 216 g/mol. The maximum Gasteiger partial charge on any atom is 0.137 e. The van der Waals surface area contributed by atoms with Gasteiger partial charge in [0.15, 0.2) is 0 Å². The smallest absolute Gasteiger partial charge is 0.137 e. The number of benzene rings is 1. The maximum atomic E-state index is 5.65. The Morgan fingerprint density at radius 1 is 1.25 bits per heavy atom. The molecule has 84 valence electrons. The lowest BCUT2D eigenvalue weighted by molar-refractivity contribution is 0.574. The van der Waals surface area contributed by atoms with Crippen LogP contribution in [0.2, 0.25) is 0 Å². The first-order chi connectivity index (χ1) is 7.66. The van der Waals surface area contributed by atoms with Crippen LogP contribution < -0.4 is 5.73 Å². The van der Waals surface area contributed by atoms with Crippen molar-refractivity contribution in [3.05, 3.63) is 42.0 Å². The molecule has 0 fully saturated rings. The summed E-state index contributed by atoms with van der Waals surface area (Å²) in [4.78, 5) is 0. The van der Waals surface area contributed by atoms with E-state index in [0.717, 1.165) is 17.9 Å². The summed E-state index contributed by atoms with van der Waals surface area (Å²) in [5.41, 5.74) is 7.63. The molecule has 0 saturated carbocycles. The molecule has 4 heteroatoms. The van der Waals surface area contributed by atoms with Crippen molar-refractivity contribution in [1.29, 1.82) is 0 Å². The highest BCUT2D eigenvalue weighted by Crippen LogP contribution is 2.13. The van der Waals surface area contributed by atoms with Crippen LogP contribution in [0.1, 0.15) is 31.3 Å². The van der Waals surface area contributed by atoms with E-state index in [1.54, 1.807) is 6.33 Å². The Bertz CT molecular complexity index is 456. The van der Waals surface area contributed by atoms with Crippen molar-refractivity contribution in [2.24, 2.45) is 0 Å². The Labute approximate surface area is 95.1 Å². The Hall–Kier alpha value is -1.84. The van der Waals surface area contributed by atoms with E-state index in [2.05, 4.69) is 28.6 Å². The van der Waals surface area contributed by atoms with E-state index in [4.69, 9.17) is 5.73 Å². The Morgan fingerprint density at radius 2 is 1.94 bits per heavy atom. The quantitative estimate of drug-likeness (QED) is 0.799. The van der Waals surface area contributed by atoms with Gasteiger partial charge in [-0.2, -0.15) is 0 Å². The van der Waals surface area contributed by atoms with Crippen LogP contribution in [0.5, 0.6) is 0 Å². The molecule has 0 aliphatic rings. The van der Waals surface area contributed by atoms with Gasteiger partial charge in [-0.1, -0.05) is 12.1 Å². The topological polar surface area (TPSA) is 56.7 Å². The van der Waals surface area contributed by atoms with Gasteiger partial charge >= 0.3 is 0 Å². The van der Waals surface area contributed by atoms with Crippen molar-refractivity contribution in [2.45, 2.75) is 26.3 Å². The average molecular weight is 216 g/mol. The van der Waals surface area contributed by atoms with Crippen molar-refractivity contribution in [2.75, 3.05) is 5.73 Å². The normalized spacial score (nSPS) is 10.9. The second-order valence-electron chi connectivity index (χ2n) is 4.17. The molecule has 2 aromatic rings. The maximum absolute atomic E-state index is 5.65. The zero-order chi connectivity index (χ0) is 11.5. The van der Waals surface area contributed by atoms with Crippen LogP contribution in [0.15, 0.2) is 30.6 Å². The van der Waals surface area contributed by atoms with Crippen molar-refractivity contribution in [1.82, 2.24) is 14.8 Å². The van der Waals surface area contributed by atoms with Gasteiger partial charge in [-0.3, -0.25) is 0 Å². The third-order valence-electron chi connectivity index (χ3n) is 2.55. The number of hydrogen-bond acceptors (Lipinski definition) is 3. The van der Waals surface area contributed by atoms with Crippen LogP contribution in [0.4, 0.5) is 5.69 Å². The minimum Gasteiger partial charge on any atom is -0.399 e. The molecule has 2 N–H and O–H groups in total. The van der Waals surface area contributed by atoms with Crippen LogP contribution in [0.25, 0.3) is 0 Å². The lowest BCUT2D eigenvalue weighted by Gasteiger charge is -2.09. The van der Waals surface area contributed by atoms with Gasteiger partial charge in [-0.05, 0) is 31.5 Å². The van der Waals surface area contributed by atoms with Crippen molar-refractivity contribution in [3.8, 4) is 0 Å². The average Bonchev–Trinajstić information content (AvgIpc) is 2.69. The van der Waals surface area contributed by atoms with Crippen LogP contribution in [0, 0.1) is 0 Å². The standard InChI is InChI=1S/C12H16N4/c1-9(2)16-8-14-15-12(16)7-10-3-5-11(13)6-4-10/h3-6,8-9H,7,13H2,1-2H3. The molecule has 4 nitrogen and oxygen atoms in total. The summed E-state index contributed by atoms with van der Waals surface area (Å²) < 4.78 is 2.08. The van der Waals surface area contributed by atoms with Gasteiger partial charge in [0.25, 0.3) is 0 Å². The Morgan fingerprint density at radius 3 is 2.56 bits per heavy atom. The lowest BCUT2D eigenvalue weighted by Crippen LogP contribution is -2.06. The van der Waals surface area contributed by atoms with Gasteiger partial charge in [-0.25, -0.2) is 0 Å². The summed E-state index contributed by atoms with van der Waals surface area (Å²) >= 11 is 0. The fraction of sp³-hybridized carbons (Fsp3) is 0.333. The largest absolute Gasteiger partial charge is 0.399 e. The summed E-state index contributed by atoms with van der Waals surface area (Å²) in [5.74, 6) is 0.986. The summed E-state index contributed by atoms with van der Waals surface area (Å²) in [5, 5.41) is 8.08. The first-order valence-electron chi connectivity index (χ1n) is 5.39. The van der Waals surface area contributed by atoms with Gasteiger partial charge in [0.1, 0.15) is 12.2 Å². The molecule has 2 rings (SSSR count). The van der Waals surface area contributed by atoms with E-state index < -0.39 is 0 Å². The molecule has 0 aliphatic heterocycles. The number of rotatable bonds is 3. The Balaban J connectivity index is 2.20. The first-order valence-corrected chi connectivity index (χ1v) is 5.39. The molecule has 0 aliphatic carbocycles. The Kier molecular flexibility index (Phi) is 2.90. The molecule has 0 radical (unpaired) electrons. The minimum absolute atomic E-state index is 0.388. The van der Waals surface area contributed by atoms with Gasteiger partial charge in [0.05, 0.1) is 0 Å². The van der Waals surface area contributed by atoms with E-state index in [1.165, 1.54) is 5.56 Å². The van der Waals surface area contributed by atoms with Crippen LogP contribution in [-0.4, -0.2) is 14.8 Å². The van der Waals surface area contributed by atoms with Gasteiger partial charge < -0.3 is 10.3 Å². The molecule has 16 heavy (non-hydrogen) atoms. The van der Waals surface area contributed by atoms with Crippen LogP contribution >= 0.6 is 0 Å². The minimum atomic E-state index is 0.388. The number of nitrogen functional groups attached to an aromatic ring is 1. The second-order valence-corrected chi connectivity index (χ2v) is 4.17. The summed E-state index contributed by atoms with van der Waals surface area (Å²) in [6.45, 7) is 4.24. The molecule has 0 bridgehead atoms. The fourth-order valence-electron chi connectivity index (χ4n) is 1.64. The number of nitrogens with two attached hydrogens (primary N) is 1. The molecular weight excluding hydrogens is 200 g/mol. The highest BCUT2D eigenvalue weighted by Gasteiger charge is 2.07. The van der Waals surface area contributed by atoms with Crippen LogP contribution in [0.3, 0.4) is 0 Å². The molecule has 1 heterocycles. The fourth-order valence-corrected chi connectivity index (χ4v) is 1.64. The number of aromatic nitrogens is 3. The van der Waals surface area contributed by atoms with E-state index in [1.807, 2.05) is 24.3 Å². The molecule has 0 atom stereocenters. The predicted octanol–water partition coefficient (Wildman–Crippen LogP) is 2.03. The van der Waals surface area contributed by atoms with Gasteiger partial charge in [0.2, 0.25) is 0 Å².